The predicted molar refractivity (Wildman–Crippen MR) is 104 cm³/mol. The normalized spacial score (nSPS) is 18.8. The number of hydrogen-bond donors (Lipinski definition) is 2. The lowest BCUT2D eigenvalue weighted by atomic mass is 9.90. The minimum Gasteiger partial charge on any atom is -0.487 e. The third-order valence-corrected chi connectivity index (χ3v) is 7.23. The molecule has 2 aromatic rings. The summed E-state index contributed by atoms with van der Waals surface area (Å²) in [4.78, 5) is 1.05. The molecule has 2 heterocycles. The van der Waals surface area contributed by atoms with Crippen LogP contribution >= 0.6 is 23.7 Å². The smallest absolute Gasteiger partial charge is 0.250 e. The fourth-order valence-electron chi connectivity index (χ4n) is 2.92. The van der Waals surface area contributed by atoms with Crippen LogP contribution in [0, 0.1) is 0 Å². The van der Waals surface area contributed by atoms with Gasteiger partial charge in [0.2, 0.25) is 0 Å². The maximum Gasteiger partial charge on any atom is 0.250 e. The Morgan fingerprint density at radius 3 is 2.68 bits per heavy atom. The molecule has 0 saturated carbocycles. The Bertz CT molecular complexity index is 863. The van der Waals surface area contributed by atoms with Crippen LogP contribution in [0.5, 0.6) is 5.75 Å². The van der Waals surface area contributed by atoms with Crippen LogP contribution in [0.15, 0.2) is 34.5 Å². The van der Waals surface area contributed by atoms with Crippen molar-refractivity contribution in [2.45, 2.75) is 49.5 Å². The summed E-state index contributed by atoms with van der Waals surface area (Å²) in [7, 11) is -3.58. The zero-order valence-corrected chi connectivity index (χ0v) is 16.9. The second kappa shape index (κ2) is 7.15. The first-order valence-electron chi connectivity index (χ1n) is 7.90. The largest absolute Gasteiger partial charge is 0.487 e. The highest BCUT2D eigenvalue weighted by Crippen LogP contribution is 2.41. The second-order valence-electron chi connectivity index (χ2n) is 6.61. The monoisotopic (exact) mass is 402 g/mol. The van der Waals surface area contributed by atoms with Crippen molar-refractivity contribution in [1.29, 1.82) is 0 Å². The third-order valence-electron chi connectivity index (χ3n) is 4.04. The molecule has 3 rings (SSSR count). The van der Waals surface area contributed by atoms with E-state index in [1.165, 1.54) is 11.3 Å². The standard InChI is InChI=1S/C17H22N2O3S2.ClH/c1-4-12-6-8-16(23-12)24(20,21)19-14-10-17(2,3)22-15-7-5-11(18)9-13(14)15;/h5-9,14,19H,4,10,18H2,1-3H3;1H. The molecule has 1 aliphatic heterocycles. The maximum absolute atomic E-state index is 12.8. The van der Waals surface area contributed by atoms with E-state index in [2.05, 4.69) is 4.72 Å². The maximum atomic E-state index is 12.8. The first-order chi connectivity index (χ1) is 11.2. The van der Waals surface area contributed by atoms with E-state index in [9.17, 15) is 8.42 Å². The molecule has 3 N–H and O–H groups in total. The zero-order chi connectivity index (χ0) is 17.5. The molecule has 1 atom stereocenters. The van der Waals surface area contributed by atoms with Crippen molar-refractivity contribution in [3.8, 4) is 5.75 Å². The van der Waals surface area contributed by atoms with Gasteiger partial charge in [-0.05, 0) is 50.6 Å². The number of fused-ring (bicyclic) bond motifs is 1. The van der Waals surface area contributed by atoms with Gasteiger partial charge in [0, 0.05) is 22.5 Å². The highest BCUT2D eigenvalue weighted by atomic mass is 35.5. The Morgan fingerprint density at radius 1 is 1.32 bits per heavy atom. The minimum absolute atomic E-state index is 0. The molecule has 0 spiro atoms. The number of nitrogens with one attached hydrogen (secondary N) is 1. The van der Waals surface area contributed by atoms with Crippen LogP contribution in [0.2, 0.25) is 0 Å². The quantitative estimate of drug-likeness (QED) is 0.760. The van der Waals surface area contributed by atoms with Crippen molar-refractivity contribution in [3.05, 3.63) is 40.8 Å². The molecule has 25 heavy (non-hydrogen) atoms. The fraction of sp³-hybridized carbons (Fsp3) is 0.412. The van der Waals surface area contributed by atoms with E-state index in [1.807, 2.05) is 26.8 Å². The SMILES string of the molecule is CCc1ccc(S(=O)(=O)NC2CC(C)(C)Oc3ccc(N)cc32)s1.Cl. The van der Waals surface area contributed by atoms with Crippen LogP contribution in [0.1, 0.15) is 43.7 Å². The van der Waals surface area contributed by atoms with Crippen LogP contribution in [0.25, 0.3) is 0 Å². The van der Waals surface area contributed by atoms with Crippen molar-refractivity contribution in [1.82, 2.24) is 4.72 Å². The van der Waals surface area contributed by atoms with E-state index in [4.69, 9.17) is 10.5 Å². The summed E-state index contributed by atoms with van der Waals surface area (Å²) in [6.07, 6.45) is 1.36. The Labute approximate surface area is 159 Å². The highest BCUT2D eigenvalue weighted by molar-refractivity contribution is 7.91. The van der Waals surface area contributed by atoms with Gasteiger partial charge in [0.15, 0.2) is 0 Å². The summed E-state index contributed by atoms with van der Waals surface area (Å²) in [6.45, 7) is 5.91. The topological polar surface area (TPSA) is 81.4 Å². The molecule has 8 heteroatoms. The van der Waals surface area contributed by atoms with Gasteiger partial charge < -0.3 is 10.5 Å². The molecule has 0 amide bonds. The number of sulfonamides is 1. The molecular formula is C17H23ClN2O3S2. The average Bonchev–Trinajstić information content (AvgIpc) is 2.97. The summed E-state index contributed by atoms with van der Waals surface area (Å²) >= 11 is 1.31. The lowest BCUT2D eigenvalue weighted by molar-refractivity contribution is 0.0702. The van der Waals surface area contributed by atoms with Gasteiger partial charge in [-0.1, -0.05) is 6.92 Å². The molecule has 0 fully saturated rings. The summed E-state index contributed by atoms with van der Waals surface area (Å²) in [6, 6.07) is 8.50. The number of nitrogens with two attached hydrogens (primary N) is 1. The molecule has 0 aliphatic carbocycles. The van der Waals surface area contributed by atoms with E-state index in [0.29, 0.717) is 22.1 Å². The van der Waals surface area contributed by atoms with E-state index >= 15 is 0 Å². The number of anilines is 1. The first-order valence-corrected chi connectivity index (χ1v) is 10.2. The molecule has 1 aliphatic rings. The van der Waals surface area contributed by atoms with Crippen molar-refractivity contribution in [3.63, 3.8) is 0 Å². The van der Waals surface area contributed by atoms with Gasteiger partial charge in [-0.2, -0.15) is 0 Å². The van der Waals surface area contributed by atoms with E-state index in [0.717, 1.165) is 16.9 Å². The van der Waals surface area contributed by atoms with E-state index < -0.39 is 15.6 Å². The lowest BCUT2D eigenvalue weighted by Crippen LogP contribution is -2.41. The first kappa shape index (κ1) is 20.0. The molecule has 1 aromatic carbocycles. The Kier molecular flexibility index (Phi) is 5.73. The summed E-state index contributed by atoms with van der Waals surface area (Å²) in [5.74, 6) is 0.675. The van der Waals surface area contributed by atoms with Gasteiger partial charge in [0.05, 0.1) is 6.04 Å². The molecule has 1 unspecified atom stereocenters. The molecular weight excluding hydrogens is 380 g/mol. The lowest BCUT2D eigenvalue weighted by Gasteiger charge is -2.37. The van der Waals surface area contributed by atoms with Crippen molar-refractivity contribution >= 4 is 39.5 Å². The third kappa shape index (κ3) is 4.28. The summed E-state index contributed by atoms with van der Waals surface area (Å²) in [5.41, 5.74) is 6.79. The Morgan fingerprint density at radius 2 is 2.04 bits per heavy atom. The van der Waals surface area contributed by atoms with Gasteiger partial charge in [-0.3, -0.25) is 0 Å². The second-order valence-corrected chi connectivity index (χ2v) is 9.72. The van der Waals surface area contributed by atoms with Gasteiger partial charge in [0.25, 0.3) is 10.0 Å². The number of benzene rings is 1. The minimum atomic E-state index is -3.58. The van der Waals surface area contributed by atoms with Crippen molar-refractivity contribution < 1.29 is 13.2 Å². The summed E-state index contributed by atoms with van der Waals surface area (Å²) < 4.78 is 34.7. The molecule has 1 aromatic heterocycles. The number of ether oxygens (including phenoxy) is 1. The highest BCUT2D eigenvalue weighted by Gasteiger charge is 2.36. The predicted octanol–water partition coefficient (Wildman–Crippen LogP) is 3.90. The van der Waals surface area contributed by atoms with E-state index in [-0.39, 0.29) is 18.4 Å². The molecule has 138 valence electrons. The van der Waals surface area contributed by atoms with Crippen molar-refractivity contribution in [2.24, 2.45) is 0 Å². The number of nitrogen functional groups attached to an aromatic ring is 1. The Hall–Kier alpha value is -1.28. The van der Waals surface area contributed by atoms with Crippen molar-refractivity contribution in [2.75, 3.05) is 5.73 Å². The summed E-state index contributed by atoms with van der Waals surface area (Å²) in [5, 5.41) is 0. The average molecular weight is 403 g/mol. The Balaban J connectivity index is 0.00000225. The van der Waals surface area contributed by atoms with Gasteiger partial charge in [-0.15, -0.1) is 23.7 Å². The van der Waals surface area contributed by atoms with Crippen LogP contribution in [-0.4, -0.2) is 14.0 Å². The van der Waals surface area contributed by atoms with Gasteiger partial charge >= 0.3 is 0 Å². The molecule has 0 radical (unpaired) electrons. The number of rotatable bonds is 4. The van der Waals surface area contributed by atoms with Crippen LogP contribution < -0.4 is 15.2 Å². The number of thiophene rings is 1. The fourth-order valence-corrected chi connectivity index (χ4v) is 5.44. The zero-order valence-electron chi connectivity index (χ0n) is 14.4. The van der Waals surface area contributed by atoms with Gasteiger partial charge in [0.1, 0.15) is 15.6 Å². The number of hydrogen-bond acceptors (Lipinski definition) is 5. The van der Waals surface area contributed by atoms with Crippen LogP contribution in [0.3, 0.4) is 0 Å². The number of halogens is 1. The number of aryl methyl sites for hydroxylation is 1. The van der Waals surface area contributed by atoms with Crippen LogP contribution in [-0.2, 0) is 16.4 Å². The molecule has 5 nitrogen and oxygen atoms in total. The molecule has 0 bridgehead atoms. The van der Waals surface area contributed by atoms with E-state index in [1.54, 1.807) is 24.3 Å². The molecule has 0 saturated heterocycles. The van der Waals surface area contributed by atoms with Crippen LogP contribution in [0.4, 0.5) is 5.69 Å². The van der Waals surface area contributed by atoms with Gasteiger partial charge in [-0.25, -0.2) is 13.1 Å².